The van der Waals surface area contributed by atoms with Gasteiger partial charge in [0.2, 0.25) is 0 Å². The minimum atomic E-state index is -0.153. The maximum atomic E-state index is 12.3. The summed E-state index contributed by atoms with van der Waals surface area (Å²) in [4.78, 5) is 22.5. The second-order valence-electron chi connectivity index (χ2n) is 6.02. The number of rotatable bonds is 6. The van der Waals surface area contributed by atoms with E-state index in [0.29, 0.717) is 22.9 Å². The molecule has 2 aromatic heterocycles. The van der Waals surface area contributed by atoms with E-state index in [0.717, 1.165) is 17.7 Å². The maximum absolute atomic E-state index is 12.3. The van der Waals surface area contributed by atoms with Crippen molar-refractivity contribution in [3.63, 3.8) is 0 Å². The van der Waals surface area contributed by atoms with Gasteiger partial charge in [-0.3, -0.25) is 14.7 Å². The van der Waals surface area contributed by atoms with Gasteiger partial charge in [-0.2, -0.15) is 0 Å². The van der Waals surface area contributed by atoms with Gasteiger partial charge in [0.1, 0.15) is 5.15 Å². The molecule has 0 aliphatic heterocycles. The predicted octanol–water partition coefficient (Wildman–Crippen LogP) is 4.01. The fourth-order valence-corrected chi connectivity index (χ4v) is 2.78. The normalized spacial score (nSPS) is 10.7. The highest BCUT2D eigenvalue weighted by Crippen LogP contribution is 2.15. The molecule has 0 saturated heterocycles. The van der Waals surface area contributed by atoms with Crippen LogP contribution in [0.2, 0.25) is 5.15 Å². The maximum Gasteiger partial charge on any atom is 0.255 e. The number of aromatic nitrogens is 2. The van der Waals surface area contributed by atoms with Crippen molar-refractivity contribution < 1.29 is 4.79 Å². The molecule has 3 aromatic rings. The molecule has 0 spiro atoms. The second-order valence-corrected chi connectivity index (χ2v) is 6.38. The topological polar surface area (TPSA) is 58.1 Å². The van der Waals surface area contributed by atoms with Crippen molar-refractivity contribution in [3.8, 4) is 0 Å². The molecule has 0 aliphatic rings. The fourth-order valence-electron chi connectivity index (χ4n) is 2.60. The van der Waals surface area contributed by atoms with Gasteiger partial charge < -0.3 is 5.32 Å². The lowest BCUT2D eigenvalue weighted by molar-refractivity contribution is 0.102. The third-order valence-electron chi connectivity index (χ3n) is 3.86. The Bertz CT molecular complexity index is 868. The van der Waals surface area contributed by atoms with Crippen LogP contribution in [-0.2, 0) is 13.1 Å². The van der Waals surface area contributed by atoms with Crippen LogP contribution in [0.1, 0.15) is 21.5 Å². The Morgan fingerprint density at radius 1 is 1.08 bits per heavy atom. The van der Waals surface area contributed by atoms with E-state index in [1.807, 2.05) is 43.4 Å². The van der Waals surface area contributed by atoms with E-state index < -0.39 is 0 Å². The Labute approximate surface area is 157 Å². The van der Waals surface area contributed by atoms with Crippen LogP contribution in [-0.4, -0.2) is 27.8 Å². The number of carbonyl (C=O) groups is 1. The second kappa shape index (κ2) is 8.56. The number of nitrogens with one attached hydrogen (secondary N) is 1. The number of benzene rings is 1. The molecule has 0 radical (unpaired) electrons. The summed E-state index contributed by atoms with van der Waals surface area (Å²) in [6.07, 6.45) is 4.96. The molecule has 1 aromatic carbocycles. The number of carbonyl (C=O) groups excluding carboxylic acids is 1. The first-order valence-electron chi connectivity index (χ1n) is 8.20. The lowest BCUT2D eigenvalue weighted by Crippen LogP contribution is -2.18. The molecule has 132 valence electrons. The van der Waals surface area contributed by atoms with E-state index >= 15 is 0 Å². The van der Waals surface area contributed by atoms with Crippen molar-refractivity contribution in [2.45, 2.75) is 13.1 Å². The van der Waals surface area contributed by atoms with Crippen LogP contribution in [0, 0.1) is 0 Å². The van der Waals surface area contributed by atoms with Gasteiger partial charge in [0.25, 0.3) is 5.91 Å². The molecule has 5 nitrogen and oxygen atoms in total. The molecule has 3 rings (SSSR count). The number of hydrogen-bond donors (Lipinski definition) is 1. The van der Waals surface area contributed by atoms with Crippen LogP contribution in [0.25, 0.3) is 0 Å². The lowest BCUT2D eigenvalue weighted by atomic mass is 10.1. The van der Waals surface area contributed by atoms with Crippen molar-refractivity contribution in [2.75, 3.05) is 12.4 Å². The first-order chi connectivity index (χ1) is 12.6. The van der Waals surface area contributed by atoms with Crippen LogP contribution in [0.15, 0.2) is 67.1 Å². The molecule has 6 heteroatoms. The minimum absolute atomic E-state index is 0.153. The molecule has 1 amide bonds. The number of pyridine rings is 2. The Morgan fingerprint density at radius 2 is 1.85 bits per heavy atom. The summed E-state index contributed by atoms with van der Waals surface area (Å²) in [6.45, 7) is 1.45. The van der Waals surface area contributed by atoms with E-state index in [4.69, 9.17) is 11.6 Å². The minimum Gasteiger partial charge on any atom is -0.321 e. The Morgan fingerprint density at radius 3 is 2.54 bits per heavy atom. The number of hydrogen-bond acceptors (Lipinski definition) is 4. The zero-order chi connectivity index (χ0) is 18.4. The standard InChI is InChI=1S/C20H19ClN4O/c1-25(14-17-4-2-11-23-19(17)21)13-15-6-8-16(9-7-15)20(26)24-18-5-3-10-22-12-18/h2-12H,13-14H2,1H3,(H,24,26). The van der Waals surface area contributed by atoms with Crippen LogP contribution in [0.5, 0.6) is 0 Å². The van der Waals surface area contributed by atoms with Crippen molar-refractivity contribution in [3.05, 3.63) is 89.0 Å². The van der Waals surface area contributed by atoms with Gasteiger partial charge >= 0.3 is 0 Å². The zero-order valence-electron chi connectivity index (χ0n) is 14.4. The van der Waals surface area contributed by atoms with Crippen LogP contribution in [0.3, 0.4) is 0 Å². The number of nitrogens with zero attached hydrogens (tertiary/aromatic N) is 3. The number of amides is 1. The molecule has 26 heavy (non-hydrogen) atoms. The molecule has 1 N–H and O–H groups in total. The summed E-state index contributed by atoms with van der Waals surface area (Å²) in [5.74, 6) is -0.153. The zero-order valence-corrected chi connectivity index (χ0v) is 15.1. The predicted molar refractivity (Wildman–Crippen MR) is 103 cm³/mol. The van der Waals surface area contributed by atoms with Crippen molar-refractivity contribution >= 4 is 23.2 Å². The van der Waals surface area contributed by atoms with E-state index in [9.17, 15) is 4.79 Å². The molecular weight excluding hydrogens is 348 g/mol. The van der Waals surface area contributed by atoms with Crippen molar-refractivity contribution in [2.24, 2.45) is 0 Å². The van der Waals surface area contributed by atoms with E-state index in [2.05, 4.69) is 20.2 Å². The highest BCUT2D eigenvalue weighted by molar-refractivity contribution is 6.30. The van der Waals surface area contributed by atoms with E-state index in [-0.39, 0.29) is 5.91 Å². The van der Waals surface area contributed by atoms with Gasteiger partial charge in [-0.1, -0.05) is 29.8 Å². The Kier molecular flexibility index (Phi) is 5.94. The van der Waals surface area contributed by atoms with E-state index in [1.165, 1.54) is 0 Å². The first-order valence-corrected chi connectivity index (χ1v) is 8.58. The van der Waals surface area contributed by atoms with E-state index in [1.54, 1.807) is 30.7 Å². The largest absolute Gasteiger partial charge is 0.321 e. The monoisotopic (exact) mass is 366 g/mol. The van der Waals surface area contributed by atoms with Crippen LogP contribution in [0.4, 0.5) is 5.69 Å². The smallest absolute Gasteiger partial charge is 0.255 e. The molecule has 0 atom stereocenters. The Hall–Kier alpha value is -2.76. The van der Waals surface area contributed by atoms with Gasteiger partial charge in [-0.25, -0.2) is 4.98 Å². The average Bonchev–Trinajstić information content (AvgIpc) is 2.65. The third-order valence-corrected chi connectivity index (χ3v) is 4.20. The van der Waals surface area contributed by atoms with Crippen LogP contribution < -0.4 is 5.32 Å². The number of anilines is 1. The van der Waals surface area contributed by atoms with Gasteiger partial charge in [0, 0.05) is 36.6 Å². The summed E-state index contributed by atoms with van der Waals surface area (Å²) in [6, 6.07) is 15.0. The van der Waals surface area contributed by atoms with Crippen molar-refractivity contribution in [1.29, 1.82) is 0 Å². The van der Waals surface area contributed by atoms with Crippen molar-refractivity contribution in [1.82, 2.24) is 14.9 Å². The molecule has 0 saturated carbocycles. The van der Waals surface area contributed by atoms with Gasteiger partial charge in [-0.15, -0.1) is 0 Å². The summed E-state index contributed by atoms with van der Waals surface area (Å²) in [5.41, 5.74) is 3.39. The highest BCUT2D eigenvalue weighted by Gasteiger charge is 2.08. The SMILES string of the molecule is CN(Cc1ccc(C(=O)Nc2cccnc2)cc1)Cc1cccnc1Cl. The summed E-state index contributed by atoms with van der Waals surface area (Å²) >= 11 is 6.11. The number of halogens is 1. The molecule has 0 bridgehead atoms. The fraction of sp³-hybridized carbons (Fsp3) is 0.150. The first kappa shape index (κ1) is 18.0. The lowest BCUT2D eigenvalue weighted by Gasteiger charge is -2.17. The summed E-state index contributed by atoms with van der Waals surface area (Å²) in [5, 5.41) is 3.35. The molecule has 0 fully saturated rings. The summed E-state index contributed by atoms with van der Waals surface area (Å²) in [7, 11) is 2.02. The van der Waals surface area contributed by atoms with Gasteiger partial charge in [-0.05, 0) is 42.9 Å². The molecule has 2 heterocycles. The average molecular weight is 367 g/mol. The summed E-state index contributed by atoms with van der Waals surface area (Å²) < 4.78 is 0. The quantitative estimate of drug-likeness (QED) is 0.669. The van der Waals surface area contributed by atoms with Gasteiger partial charge in [0.15, 0.2) is 0 Å². The third kappa shape index (κ3) is 4.88. The molecule has 0 aliphatic carbocycles. The Balaban J connectivity index is 1.59. The molecular formula is C20H19ClN4O. The highest BCUT2D eigenvalue weighted by atomic mass is 35.5. The van der Waals surface area contributed by atoms with Gasteiger partial charge in [0.05, 0.1) is 11.9 Å². The van der Waals surface area contributed by atoms with Crippen LogP contribution >= 0.6 is 11.6 Å². The molecule has 0 unspecified atom stereocenters.